The van der Waals surface area contributed by atoms with E-state index in [4.69, 9.17) is 4.74 Å². The summed E-state index contributed by atoms with van der Waals surface area (Å²) in [5.41, 5.74) is 1.14. The maximum absolute atomic E-state index is 14.2. The minimum absolute atomic E-state index is 0.128. The standard InChI is InChI=1S/C24H29FINO2S/c1-4-6-12-24(13-7-5-2)16-30-22-15-21(29-3)19(26)14-20(22)27(23(24)28)18-10-8-17(25)9-11-18/h8-11,14-15H,4-7,12-13,16H2,1-3H3. The van der Waals surface area contributed by atoms with Gasteiger partial charge in [-0.25, -0.2) is 4.39 Å². The molecule has 1 amide bonds. The predicted octanol–water partition coefficient (Wildman–Crippen LogP) is 7.58. The van der Waals surface area contributed by atoms with Crippen molar-refractivity contribution in [3.8, 4) is 5.75 Å². The first-order valence-electron chi connectivity index (χ1n) is 10.6. The first kappa shape index (κ1) is 23.4. The number of thioether (sulfide) groups is 1. The van der Waals surface area contributed by atoms with Crippen molar-refractivity contribution in [3.63, 3.8) is 0 Å². The molecular formula is C24H29FINO2S. The van der Waals surface area contributed by atoms with Crippen molar-refractivity contribution in [2.75, 3.05) is 17.8 Å². The average Bonchev–Trinajstić information content (AvgIpc) is 2.86. The van der Waals surface area contributed by atoms with Gasteiger partial charge in [0.25, 0.3) is 0 Å². The molecule has 0 aliphatic carbocycles. The monoisotopic (exact) mass is 541 g/mol. The molecule has 0 N–H and O–H groups in total. The van der Waals surface area contributed by atoms with Crippen molar-refractivity contribution in [1.82, 2.24) is 0 Å². The number of rotatable bonds is 8. The molecule has 0 saturated carbocycles. The Morgan fingerprint density at radius 2 is 1.77 bits per heavy atom. The molecule has 1 aliphatic rings. The van der Waals surface area contributed by atoms with E-state index in [0.29, 0.717) is 5.69 Å². The topological polar surface area (TPSA) is 29.5 Å². The molecule has 1 heterocycles. The summed E-state index contributed by atoms with van der Waals surface area (Å²) < 4.78 is 20.1. The molecule has 0 aromatic heterocycles. The van der Waals surface area contributed by atoms with E-state index in [1.54, 1.807) is 31.0 Å². The molecule has 30 heavy (non-hydrogen) atoms. The number of unbranched alkanes of at least 4 members (excludes halogenated alkanes) is 2. The lowest BCUT2D eigenvalue weighted by molar-refractivity contribution is -0.127. The Morgan fingerprint density at radius 3 is 2.33 bits per heavy atom. The summed E-state index contributed by atoms with van der Waals surface area (Å²) in [5.74, 6) is 1.38. The van der Waals surface area contributed by atoms with Gasteiger partial charge in [0.05, 0.1) is 21.8 Å². The molecule has 0 fully saturated rings. The fourth-order valence-electron chi connectivity index (χ4n) is 3.96. The third-order valence-electron chi connectivity index (χ3n) is 5.74. The van der Waals surface area contributed by atoms with Gasteiger partial charge in [0, 0.05) is 16.3 Å². The summed E-state index contributed by atoms with van der Waals surface area (Å²) in [6.45, 7) is 4.34. The average molecular weight is 541 g/mol. The molecule has 2 aromatic carbocycles. The van der Waals surface area contributed by atoms with E-state index in [0.717, 1.165) is 64.2 Å². The fourth-order valence-corrected chi connectivity index (χ4v) is 5.96. The first-order chi connectivity index (χ1) is 14.5. The highest BCUT2D eigenvalue weighted by Crippen LogP contribution is 2.49. The van der Waals surface area contributed by atoms with Crippen LogP contribution in [0, 0.1) is 14.8 Å². The molecule has 0 radical (unpaired) electrons. The predicted molar refractivity (Wildman–Crippen MR) is 131 cm³/mol. The second-order valence-corrected chi connectivity index (χ2v) is 10.0. The Morgan fingerprint density at radius 1 is 1.13 bits per heavy atom. The Labute approximate surface area is 196 Å². The second-order valence-electron chi connectivity index (χ2n) is 7.85. The lowest BCUT2D eigenvalue weighted by atomic mass is 9.78. The zero-order valence-electron chi connectivity index (χ0n) is 17.8. The van der Waals surface area contributed by atoms with Crippen LogP contribution in [0.3, 0.4) is 0 Å². The molecule has 2 aromatic rings. The van der Waals surface area contributed by atoms with E-state index in [9.17, 15) is 9.18 Å². The Bertz CT molecular complexity index is 880. The molecular weight excluding hydrogens is 512 g/mol. The number of hydrogen-bond acceptors (Lipinski definition) is 3. The maximum atomic E-state index is 14.2. The number of anilines is 2. The van der Waals surface area contributed by atoms with Crippen LogP contribution in [0.4, 0.5) is 15.8 Å². The van der Waals surface area contributed by atoms with Gasteiger partial charge in [-0.15, -0.1) is 11.8 Å². The molecule has 0 unspecified atom stereocenters. The van der Waals surface area contributed by atoms with E-state index in [1.807, 2.05) is 17.0 Å². The van der Waals surface area contributed by atoms with Crippen molar-refractivity contribution in [2.45, 2.75) is 57.3 Å². The number of carbonyl (C=O) groups is 1. The van der Waals surface area contributed by atoms with Gasteiger partial charge in [-0.1, -0.05) is 39.5 Å². The number of ether oxygens (including phenoxy) is 1. The highest BCUT2D eigenvalue weighted by atomic mass is 127. The molecule has 0 spiro atoms. The number of carbonyl (C=O) groups excluding carboxylic acids is 1. The van der Waals surface area contributed by atoms with E-state index < -0.39 is 5.41 Å². The van der Waals surface area contributed by atoms with Gasteiger partial charge in [0.2, 0.25) is 5.91 Å². The van der Waals surface area contributed by atoms with Crippen LogP contribution in [0.1, 0.15) is 52.4 Å². The highest BCUT2D eigenvalue weighted by molar-refractivity contribution is 14.1. The van der Waals surface area contributed by atoms with Crippen molar-refractivity contribution in [1.29, 1.82) is 0 Å². The summed E-state index contributed by atoms with van der Waals surface area (Å²) >= 11 is 3.98. The van der Waals surface area contributed by atoms with Crippen LogP contribution in [0.2, 0.25) is 0 Å². The molecule has 3 nitrogen and oxygen atoms in total. The highest BCUT2D eigenvalue weighted by Gasteiger charge is 2.44. The smallest absolute Gasteiger partial charge is 0.238 e. The zero-order valence-corrected chi connectivity index (χ0v) is 20.8. The fraction of sp³-hybridized carbons (Fsp3) is 0.458. The lowest BCUT2D eigenvalue weighted by Gasteiger charge is -2.35. The Kier molecular flexibility index (Phi) is 8.07. The van der Waals surface area contributed by atoms with Crippen LogP contribution in [-0.2, 0) is 4.79 Å². The third kappa shape index (κ3) is 4.79. The zero-order chi connectivity index (χ0) is 21.7. The summed E-state index contributed by atoms with van der Waals surface area (Å²) in [6.07, 6.45) is 5.89. The quantitative estimate of drug-likeness (QED) is 0.323. The van der Waals surface area contributed by atoms with Gasteiger partial charge in [0.15, 0.2) is 0 Å². The SMILES string of the molecule is CCCCC1(CCCC)CSc2cc(OC)c(I)cc2N(c2ccc(F)cc2)C1=O. The van der Waals surface area contributed by atoms with Gasteiger partial charge < -0.3 is 4.74 Å². The number of fused-ring (bicyclic) bond motifs is 1. The van der Waals surface area contributed by atoms with Crippen LogP contribution >= 0.6 is 34.4 Å². The van der Waals surface area contributed by atoms with Crippen molar-refractivity contribution >= 4 is 51.6 Å². The van der Waals surface area contributed by atoms with E-state index in [2.05, 4.69) is 36.4 Å². The van der Waals surface area contributed by atoms with Gasteiger partial charge in [-0.05, 0) is 71.8 Å². The molecule has 6 heteroatoms. The maximum Gasteiger partial charge on any atom is 0.238 e. The number of methoxy groups -OCH3 is 1. The van der Waals surface area contributed by atoms with Crippen LogP contribution in [0.25, 0.3) is 0 Å². The van der Waals surface area contributed by atoms with Crippen molar-refractivity contribution in [3.05, 3.63) is 45.8 Å². The van der Waals surface area contributed by atoms with Crippen LogP contribution in [0.5, 0.6) is 5.75 Å². The number of nitrogens with zero attached hydrogens (tertiary/aromatic N) is 1. The summed E-state index contributed by atoms with van der Waals surface area (Å²) in [6, 6.07) is 10.3. The Hall–Kier alpha value is -1.28. The van der Waals surface area contributed by atoms with E-state index in [-0.39, 0.29) is 11.7 Å². The van der Waals surface area contributed by atoms with E-state index >= 15 is 0 Å². The number of halogens is 2. The molecule has 0 bridgehead atoms. The minimum Gasteiger partial charge on any atom is -0.496 e. The second kappa shape index (κ2) is 10.4. The summed E-state index contributed by atoms with van der Waals surface area (Å²) in [7, 11) is 1.67. The number of amides is 1. The van der Waals surface area contributed by atoms with Crippen LogP contribution in [0.15, 0.2) is 41.3 Å². The lowest BCUT2D eigenvalue weighted by Crippen LogP contribution is -2.42. The molecule has 0 saturated heterocycles. The largest absolute Gasteiger partial charge is 0.496 e. The van der Waals surface area contributed by atoms with Crippen LogP contribution < -0.4 is 9.64 Å². The minimum atomic E-state index is -0.428. The molecule has 162 valence electrons. The summed E-state index contributed by atoms with van der Waals surface area (Å²) in [5, 5.41) is 0. The van der Waals surface area contributed by atoms with E-state index in [1.165, 1.54) is 12.1 Å². The van der Waals surface area contributed by atoms with Gasteiger partial charge >= 0.3 is 0 Å². The molecule has 1 aliphatic heterocycles. The molecule has 0 atom stereocenters. The number of benzene rings is 2. The summed E-state index contributed by atoms with van der Waals surface area (Å²) in [4.78, 5) is 17.0. The van der Waals surface area contributed by atoms with Gasteiger partial charge in [-0.2, -0.15) is 0 Å². The van der Waals surface area contributed by atoms with Crippen molar-refractivity contribution < 1.29 is 13.9 Å². The molecule has 3 rings (SSSR count). The van der Waals surface area contributed by atoms with Gasteiger partial charge in [-0.3, -0.25) is 9.69 Å². The van der Waals surface area contributed by atoms with Crippen LogP contribution in [-0.4, -0.2) is 18.8 Å². The third-order valence-corrected chi connectivity index (χ3v) is 7.92. The number of hydrogen-bond donors (Lipinski definition) is 0. The first-order valence-corrected chi connectivity index (χ1v) is 12.6. The normalized spacial score (nSPS) is 15.6. The van der Waals surface area contributed by atoms with Gasteiger partial charge in [0.1, 0.15) is 11.6 Å². The Balaban J connectivity index is 2.17. The van der Waals surface area contributed by atoms with Crippen molar-refractivity contribution in [2.24, 2.45) is 5.41 Å².